The number of amides is 5. The van der Waals surface area contributed by atoms with Crippen molar-refractivity contribution in [1.82, 2.24) is 20.9 Å². The number of hydrogen-bond donors (Lipinski definition) is 3. The van der Waals surface area contributed by atoms with Gasteiger partial charge in [-0.15, -0.1) is 0 Å². The molecule has 1 atom stereocenters. The van der Waals surface area contributed by atoms with Gasteiger partial charge in [0.1, 0.15) is 6.04 Å². The van der Waals surface area contributed by atoms with Gasteiger partial charge in [0.15, 0.2) is 0 Å². The summed E-state index contributed by atoms with van der Waals surface area (Å²) in [5.74, 6) is -0.462. The zero-order valence-corrected chi connectivity index (χ0v) is 12.0. The first-order valence-corrected chi connectivity index (χ1v) is 7.12. The Labute approximate surface area is 122 Å². The van der Waals surface area contributed by atoms with Gasteiger partial charge >= 0.3 is 6.03 Å². The Morgan fingerprint density at radius 3 is 2.48 bits per heavy atom. The van der Waals surface area contributed by atoms with Crippen LogP contribution in [0.2, 0.25) is 0 Å². The zero-order chi connectivity index (χ0) is 15.4. The third-order valence-corrected chi connectivity index (χ3v) is 3.90. The highest BCUT2D eigenvalue weighted by Gasteiger charge is 2.30. The maximum Gasteiger partial charge on any atom is 0.322 e. The molecule has 2 fully saturated rings. The molecule has 0 aromatic rings. The molecule has 0 radical (unpaired) electrons. The van der Waals surface area contributed by atoms with Crippen molar-refractivity contribution >= 4 is 23.8 Å². The molecule has 0 spiro atoms. The lowest BCUT2D eigenvalue weighted by Gasteiger charge is -2.30. The molecule has 116 valence electrons. The highest BCUT2D eigenvalue weighted by atomic mass is 16.2. The Hall–Kier alpha value is -2.12. The number of piperidine rings is 1. The normalized spacial score (nSPS) is 22.7. The molecular formula is C13H20N4O4. The number of imide groups is 1. The summed E-state index contributed by atoms with van der Waals surface area (Å²) in [5.41, 5.74) is 0. The second-order valence-corrected chi connectivity index (χ2v) is 5.38. The summed E-state index contributed by atoms with van der Waals surface area (Å²) < 4.78 is 0. The van der Waals surface area contributed by atoms with Gasteiger partial charge in [-0.2, -0.15) is 0 Å². The van der Waals surface area contributed by atoms with Crippen LogP contribution >= 0.6 is 0 Å². The first-order chi connectivity index (χ1) is 9.97. The molecule has 0 bridgehead atoms. The summed E-state index contributed by atoms with van der Waals surface area (Å²) in [5, 5.41) is 7.41. The van der Waals surface area contributed by atoms with Crippen LogP contribution in [0.15, 0.2) is 0 Å². The number of carbonyl (C=O) groups is 4. The monoisotopic (exact) mass is 296 g/mol. The minimum atomic E-state index is -0.572. The Morgan fingerprint density at radius 1 is 1.29 bits per heavy atom. The molecule has 2 aliphatic rings. The molecule has 0 saturated carbocycles. The van der Waals surface area contributed by atoms with Gasteiger partial charge in [0, 0.05) is 32.5 Å². The molecule has 2 rings (SSSR count). The molecule has 1 unspecified atom stereocenters. The quantitative estimate of drug-likeness (QED) is 0.576. The van der Waals surface area contributed by atoms with Gasteiger partial charge in [0.25, 0.3) is 5.91 Å². The molecule has 2 heterocycles. The van der Waals surface area contributed by atoms with Gasteiger partial charge in [-0.25, -0.2) is 4.79 Å². The minimum absolute atomic E-state index is 0.0387. The van der Waals surface area contributed by atoms with Crippen LogP contribution in [-0.4, -0.2) is 54.3 Å². The van der Waals surface area contributed by atoms with Crippen LogP contribution in [0.4, 0.5) is 4.79 Å². The fourth-order valence-corrected chi connectivity index (χ4v) is 2.60. The smallest absolute Gasteiger partial charge is 0.322 e. The van der Waals surface area contributed by atoms with Crippen molar-refractivity contribution < 1.29 is 19.2 Å². The van der Waals surface area contributed by atoms with E-state index >= 15 is 0 Å². The fourth-order valence-electron chi connectivity index (χ4n) is 2.60. The summed E-state index contributed by atoms with van der Waals surface area (Å²) in [6.45, 7) is 3.08. The topological polar surface area (TPSA) is 108 Å². The molecule has 8 nitrogen and oxygen atoms in total. The first kappa shape index (κ1) is 15.3. The molecule has 8 heteroatoms. The van der Waals surface area contributed by atoms with E-state index in [1.54, 1.807) is 4.90 Å². The highest BCUT2D eigenvalue weighted by Crippen LogP contribution is 2.17. The summed E-state index contributed by atoms with van der Waals surface area (Å²) in [4.78, 5) is 47.2. The maximum atomic E-state index is 12.0. The van der Waals surface area contributed by atoms with E-state index < -0.39 is 12.1 Å². The Balaban J connectivity index is 1.67. The molecule has 0 aromatic carbocycles. The van der Waals surface area contributed by atoms with Crippen molar-refractivity contribution in [3.05, 3.63) is 0 Å². The van der Waals surface area contributed by atoms with Gasteiger partial charge < -0.3 is 15.5 Å². The van der Waals surface area contributed by atoms with E-state index in [9.17, 15) is 19.2 Å². The molecule has 21 heavy (non-hydrogen) atoms. The van der Waals surface area contributed by atoms with Gasteiger partial charge in [-0.1, -0.05) is 0 Å². The van der Waals surface area contributed by atoms with Gasteiger partial charge in [0.05, 0.1) is 0 Å². The highest BCUT2D eigenvalue weighted by molar-refractivity contribution is 6.04. The van der Waals surface area contributed by atoms with E-state index in [-0.39, 0.29) is 23.6 Å². The third kappa shape index (κ3) is 3.93. The van der Waals surface area contributed by atoms with Crippen LogP contribution < -0.4 is 16.0 Å². The SMILES string of the molecule is CC(=O)N1CCC(C(=O)NCCC2NC(=O)NC2=O)CC1. The van der Waals surface area contributed by atoms with Crippen molar-refractivity contribution in [2.45, 2.75) is 32.2 Å². The summed E-state index contributed by atoms with van der Waals surface area (Å²) in [6.07, 6.45) is 1.69. The number of hydrogen-bond acceptors (Lipinski definition) is 4. The van der Waals surface area contributed by atoms with E-state index in [2.05, 4.69) is 16.0 Å². The van der Waals surface area contributed by atoms with Crippen LogP contribution in [0.1, 0.15) is 26.2 Å². The number of likely N-dealkylation sites (tertiary alicyclic amines) is 1. The van der Waals surface area contributed by atoms with Crippen molar-refractivity contribution in [1.29, 1.82) is 0 Å². The molecule has 3 N–H and O–H groups in total. The summed E-state index contributed by atoms with van der Waals surface area (Å²) in [7, 11) is 0. The van der Waals surface area contributed by atoms with Crippen molar-refractivity contribution in [3.63, 3.8) is 0 Å². The second kappa shape index (κ2) is 6.55. The Bertz CT molecular complexity index is 457. The van der Waals surface area contributed by atoms with Crippen LogP contribution in [-0.2, 0) is 14.4 Å². The van der Waals surface area contributed by atoms with Crippen molar-refractivity contribution in [3.8, 4) is 0 Å². The van der Waals surface area contributed by atoms with E-state index in [0.717, 1.165) is 0 Å². The fraction of sp³-hybridized carbons (Fsp3) is 0.692. The first-order valence-electron chi connectivity index (χ1n) is 7.12. The number of nitrogens with one attached hydrogen (secondary N) is 3. The molecule has 2 aliphatic heterocycles. The Morgan fingerprint density at radius 2 is 1.95 bits per heavy atom. The second-order valence-electron chi connectivity index (χ2n) is 5.38. The molecule has 0 aromatic heterocycles. The summed E-state index contributed by atoms with van der Waals surface area (Å²) in [6, 6.07) is -1.06. The zero-order valence-electron chi connectivity index (χ0n) is 12.0. The van der Waals surface area contributed by atoms with Crippen LogP contribution in [0.25, 0.3) is 0 Å². The maximum absolute atomic E-state index is 12.0. The van der Waals surface area contributed by atoms with Gasteiger partial charge in [-0.3, -0.25) is 19.7 Å². The lowest BCUT2D eigenvalue weighted by molar-refractivity contribution is -0.133. The van der Waals surface area contributed by atoms with E-state index in [0.29, 0.717) is 38.9 Å². The number of carbonyl (C=O) groups excluding carboxylic acids is 4. The number of rotatable bonds is 4. The number of nitrogens with zero attached hydrogens (tertiary/aromatic N) is 1. The largest absolute Gasteiger partial charge is 0.356 e. The predicted molar refractivity (Wildman–Crippen MR) is 73.1 cm³/mol. The lowest BCUT2D eigenvalue weighted by atomic mass is 9.96. The van der Waals surface area contributed by atoms with E-state index in [4.69, 9.17) is 0 Å². The van der Waals surface area contributed by atoms with Crippen LogP contribution in [0, 0.1) is 5.92 Å². The van der Waals surface area contributed by atoms with Crippen molar-refractivity contribution in [2.75, 3.05) is 19.6 Å². The average Bonchev–Trinajstić information content (AvgIpc) is 2.77. The lowest BCUT2D eigenvalue weighted by Crippen LogP contribution is -2.43. The molecule has 2 saturated heterocycles. The number of urea groups is 1. The predicted octanol–water partition coefficient (Wildman–Crippen LogP) is -1.04. The summed E-state index contributed by atoms with van der Waals surface area (Å²) >= 11 is 0. The third-order valence-electron chi connectivity index (χ3n) is 3.90. The van der Waals surface area contributed by atoms with Gasteiger partial charge in [0.2, 0.25) is 11.8 Å². The van der Waals surface area contributed by atoms with E-state index in [1.807, 2.05) is 0 Å². The van der Waals surface area contributed by atoms with Crippen LogP contribution in [0.5, 0.6) is 0 Å². The molecule has 5 amide bonds. The van der Waals surface area contributed by atoms with Gasteiger partial charge in [-0.05, 0) is 19.3 Å². The van der Waals surface area contributed by atoms with E-state index in [1.165, 1.54) is 6.92 Å². The average molecular weight is 296 g/mol. The minimum Gasteiger partial charge on any atom is -0.356 e. The van der Waals surface area contributed by atoms with Crippen molar-refractivity contribution in [2.24, 2.45) is 5.92 Å². The molecular weight excluding hydrogens is 276 g/mol. The molecule has 0 aliphatic carbocycles. The standard InChI is InChI=1S/C13H20N4O4/c1-8(18)17-6-3-9(4-7-17)11(19)14-5-2-10-12(20)16-13(21)15-10/h9-10H,2-7H2,1H3,(H,14,19)(H2,15,16,20,21). The Kier molecular flexibility index (Phi) is 4.77. The van der Waals surface area contributed by atoms with Crippen LogP contribution in [0.3, 0.4) is 0 Å².